The van der Waals surface area contributed by atoms with Crippen LogP contribution in [-0.2, 0) is 11.2 Å². The molecule has 2 aliphatic rings. The third-order valence-electron chi connectivity index (χ3n) is 6.10. The van der Waals surface area contributed by atoms with Crippen molar-refractivity contribution in [3.05, 3.63) is 47.1 Å². The summed E-state index contributed by atoms with van der Waals surface area (Å²) in [5.74, 6) is 1.98. The molecule has 1 aromatic carbocycles. The first-order valence-corrected chi connectivity index (χ1v) is 11.0. The standard InChI is InChI=1S/C23H31N3O3/c1-17-7-6-10-19(15-17)23(27)26-13-5-4-11-20(26)22-24-21(25-29-22)12-14-28-16-18-8-2-3-9-18/h6-7,10,15,18,20H,2-5,8-9,11-14,16H2,1H3. The third kappa shape index (κ3) is 5.04. The number of nitrogens with zero attached hydrogens (tertiary/aromatic N) is 3. The number of amides is 1. The van der Waals surface area contributed by atoms with Crippen LogP contribution in [-0.4, -0.2) is 40.7 Å². The summed E-state index contributed by atoms with van der Waals surface area (Å²) in [6, 6.07) is 7.61. The van der Waals surface area contributed by atoms with Gasteiger partial charge in [-0.05, 0) is 57.1 Å². The molecule has 1 aliphatic carbocycles. The van der Waals surface area contributed by atoms with Gasteiger partial charge in [0.2, 0.25) is 5.89 Å². The molecular formula is C23H31N3O3. The largest absolute Gasteiger partial charge is 0.381 e. The highest BCUT2D eigenvalue weighted by atomic mass is 16.5. The Hall–Kier alpha value is -2.21. The maximum atomic E-state index is 13.1. The number of ether oxygens (including phenoxy) is 1. The fourth-order valence-corrected chi connectivity index (χ4v) is 4.47. The second-order valence-electron chi connectivity index (χ2n) is 8.40. The van der Waals surface area contributed by atoms with Crippen LogP contribution in [0.1, 0.15) is 78.6 Å². The molecule has 29 heavy (non-hydrogen) atoms. The van der Waals surface area contributed by atoms with Crippen molar-refractivity contribution in [3.8, 4) is 0 Å². The molecule has 1 unspecified atom stereocenters. The number of carbonyl (C=O) groups excluding carboxylic acids is 1. The van der Waals surface area contributed by atoms with Crippen molar-refractivity contribution in [1.29, 1.82) is 0 Å². The summed E-state index contributed by atoms with van der Waals surface area (Å²) in [7, 11) is 0. The topological polar surface area (TPSA) is 68.5 Å². The third-order valence-corrected chi connectivity index (χ3v) is 6.10. The Balaban J connectivity index is 1.36. The number of rotatable bonds is 7. The number of likely N-dealkylation sites (tertiary alicyclic amines) is 1. The second-order valence-corrected chi connectivity index (χ2v) is 8.40. The van der Waals surface area contributed by atoms with E-state index in [1.54, 1.807) is 0 Å². The average molecular weight is 398 g/mol. The van der Waals surface area contributed by atoms with Gasteiger partial charge in [-0.25, -0.2) is 0 Å². The lowest BCUT2D eigenvalue weighted by Crippen LogP contribution is -2.38. The van der Waals surface area contributed by atoms with Crippen molar-refractivity contribution in [2.75, 3.05) is 19.8 Å². The molecular weight excluding hydrogens is 366 g/mol. The summed E-state index contributed by atoms with van der Waals surface area (Å²) in [6.45, 7) is 4.18. The molecule has 1 amide bonds. The van der Waals surface area contributed by atoms with Crippen LogP contribution in [0.4, 0.5) is 0 Å². The fraction of sp³-hybridized carbons (Fsp3) is 0.609. The molecule has 1 atom stereocenters. The molecule has 1 saturated heterocycles. The molecule has 156 valence electrons. The molecule has 0 radical (unpaired) electrons. The van der Waals surface area contributed by atoms with Crippen molar-refractivity contribution in [2.45, 2.75) is 64.3 Å². The fourth-order valence-electron chi connectivity index (χ4n) is 4.47. The minimum Gasteiger partial charge on any atom is -0.381 e. The van der Waals surface area contributed by atoms with Crippen LogP contribution in [0, 0.1) is 12.8 Å². The number of piperidine rings is 1. The van der Waals surface area contributed by atoms with Gasteiger partial charge in [0.25, 0.3) is 5.91 Å². The molecule has 0 bridgehead atoms. The first-order chi connectivity index (χ1) is 14.2. The normalized spacial score (nSPS) is 20.3. The Morgan fingerprint density at radius 1 is 1.21 bits per heavy atom. The van der Waals surface area contributed by atoms with Crippen LogP contribution in [0.25, 0.3) is 0 Å². The molecule has 0 N–H and O–H groups in total. The first-order valence-electron chi connectivity index (χ1n) is 11.0. The zero-order valence-corrected chi connectivity index (χ0v) is 17.3. The smallest absolute Gasteiger partial charge is 0.254 e. The minimum atomic E-state index is -0.141. The Kier molecular flexibility index (Phi) is 6.60. The molecule has 1 aromatic heterocycles. The van der Waals surface area contributed by atoms with Crippen molar-refractivity contribution < 1.29 is 14.1 Å². The SMILES string of the molecule is Cc1cccc(C(=O)N2CCCCC2c2nc(CCOCC3CCCC3)no2)c1. The van der Waals surface area contributed by atoms with Crippen molar-refractivity contribution in [3.63, 3.8) is 0 Å². The molecule has 6 nitrogen and oxygen atoms in total. The van der Waals surface area contributed by atoms with Gasteiger partial charge in [-0.3, -0.25) is 4.79 Å². The van der Waals surface area contributed by atoms with E-state index in [2.05, 4.69) is 10.1 Å². The van der Waals surface area contributed by atoms with Gasteiger partial charge in [0, 0.05) is 25.1 Å². The highest BCUT2D eigenvalue weighted by Crippen LogP contribution is 2.31. The Bertz CT molecular complexity index is 813. The molecule has 1 aliphatic heterocycles. The second kappa shape index (κ2) is 9.53. The summed E-state index contributed by atoms with van der Waals surface area (Å²) < 4.78 is 11.4. The minimum absolute atomic E-state index is 0.0399. The Morgan fingerprint density at radius 3 is 2.86 bits per heavy atom. The van der Waals surface area contributed by atoms with Crippen LogP contribution >= 0.6 is 0 Å². The Morgan fingerprint density at radius 2 is 2.03 bits per heavy atom. The summed E-state index contributed by atoms with van der Waals surface area (Å²) in [5.41, 5.74) is 1.80. The Labute approximate surface area is 172 Å². The highest BCUT2D eigenvalue weighted by molar-refractivity contribution is 5.94. The van der Waals surface area contributed by atoms with Crippen LogP contribution < -0.4 is 0 Å². The van der Waals surface area contributed by atoms with Gasteiger partial charge in [-0.1, -0.05) is 35.7 Å². The monoisotopic (exact) mass is 397 g/mol. The quantitative estimate of drug-likeness (QED) is 0.644. The molecule has 2 aromatic rings. The van der Waals surface area contributed by atoms with Crippen molar-refractivity contribution in [1.82, 2.24) is 15.0 Å². The number of hydrogen-bond acceptors (Lipinski definition) is 5. The number of benzene rings is 1. The number of aryl methyl sites for hydroxylation is 1. The molecule has 2 heterocycles. The molecule has 1 saturated carbocycles. The summed E-state index contributed by atoms with van der Waals surface area (Å²) in [6.07, 6.45) is 8.82. The van der Waals surface area contributed by atoms with Gasteiger partial charge in [0.15, 0.2) is 5.82 Å². The molecule has 0 spiro atoms. The van der Waals surface area contributed by atoms with Gasteiger partial charge in [-0.15, -0.1) is 0 Å². The van der Waals surface area contributed by atoms with E-state index in [4.69, 9.17) is 9.26 Å². The van der Waals surface area contributed by atoms with E-state index < -0.39 is 0 Å². The van der Waals surface area contributed by atoms with Gasteiger partial charge in [0.1, 0.15) is 6.04 Å². The van der Waals surface area contributed by atoms with E-state index in [9.17, 15) is 4.79 Å². The number of aromatic nitrogens is 2. The maximum Gasteiger partial charge on any atom is 0.254 e. The van der Waals surface area contributed by atoms with E-state index in [-0.39, 0.29) is 11.9 Å². The lowest BCUT2D eigenvalue weighted by atomic mass is 10.00. The van der Waals surface area contributed by atoms with E-state index in [1.165, 1.54) is 25.7 Å². The molecule has 4 rings (SSSR count). The van der Waals surface area contributed by atoms with Crippen LogP contribution in [0.15, 0.2) is 28.8 Å². The van der Waals surface area contributed by atoms with Gasteiger partial charge < -0.3 is 14.2 Å². The van der Waals surface area contributed by atoms with Crippen molar-refractivity contribution in [2.24, 2.45) is 5.92 Å². The predicted octanol–water partition coefficient (Wildman–Crippen LogP) is 4.49. The maximum absolute atomic E-state index is 13.1. The lowest BCUT2D eigenvalue weighted by Gasteiger charge is -2.33. The highest BCUT2D eigenvalue weighted by Gasteiger charge is 2.32. The van der Waals surface area contributed by atoms with E-state index >= 15 is 0 Å². The predicted molar refractivity (Wildman–Crippen MR) is 110 cm³/mol. The molecule has 6 heteroatoms. The zero-order valence-electron chi connectivity index (χ0n) is 17.3. The van der Waals surface area contributed by atoms with Crippen LogP contribution in [0.2, 0.25) is 0 Å². The van der Waals surface area contributed by atoms with Gasteiger partial charge >= 0.3 is 0 Å². The lowest BCUT2D eigenvalue weighted by molar-refractivity contribution is 0.0561. The van der Waals surface area contributed by atoms with E-state index in [0.717, 1.165) is 49.5 Å². The number of hydrogen-bond donors (Lipinski definition) is 0. The van der Waals surface area contributed by atoms with Gasteiger partial charge in [0.05, 0.1) is 6.61 Å². The van der Waals surface area contributed by atoms with E-state index in [0.29, 0.717) is 24.7 Å². The summed E-state index contributed by atoms with van der Waals surface area (Å²) in [4.78, 5) is 19.6. The summed E-state index contributed by atoms with van der Waals surface area (Å²) in [5, 5.41) is 4.14. The first kappa shape index (κ1) is 20.1. The van der Waals surface area contributed by atoms with E-state index in [1.807, 2.05) is 36.1 Å². The zero-order chi connectivity index (χ0) is 20.1. The van der Waals surface area contributed by atoms with Crippen molar-refractivity contribution >= 4 is 5.91 Å². The van der Waals surface area contributed by atoms with Crippen LogP contribution in [0.3, 0.4) is 0 Å². The summed E-state index contributed by atoms with van der Waals surface area (Å²) >= 11 is 0. The van der Waals surface area contributed by atoms with Crippen LogP contribution in [0.5, 0.6) is 0 Å². The average Bonchev–Trinajstić information content (AvgIpc) is 3.43. The van der Waals surface area contributed by atoms with Gasteiger partial charge in [-0.2, -0.15) is 4.98 Å². The molecule has 2 fully saturated rings. The number of carbonyl (C=O) groups is 1.